The minimum absolute atomic E-state index is 0.349. The van der Waals surface area contributed by atoms with Crippen LogP contribution in [0.15, 0.2) is 30.7 Å². The van der Waals surface area contributed by atoms with Crippen LogP contribution in [0.3, 0.4) is 0 Å². The molecule has 1 aliphatic rings. The van der Waals surface area contributed by atoms with Crippen molar-refractivity contribution in [1.82, 2.24) is 9.97 Å². The van der Waals surface area contributed by atoms with Crippen molar-refractivity contribution < 1.29 is 14.3 Å². The Kier molecular flexibility index (Phi) is 3.28. The molecule has 1 aliphatic heterocycles. The van der Waals surface area contributed by atoms with Crippen molar-refractivity contribution in [2.45, 2.75) is 6.54 Å². The molecule has 0 unspecified atom stereocenters. The van der Waals surface area contributed by atoms with E-state index in [2.05, 4.69) is 14.9 Å². The highest BCUT2D eigenvalue weighted by atomic mass is 16.5. The Bertz CT molecular complexity index is 610. The molecule has 0 aliphatic carbocycles. The van der Waals surface area contributed by atoms with E-state index in [1.807, 2.05) is 6.20 Å². The van der Waals surface area contributed by atoms with Crippen LogP contribution in [0.4, 0.5) is 5.69 Å². The van der Waals surface area contributed by atoms with E-state index in [0.717, 1.165) is 23.7 Å². The first-order chi connectivity index (χ1) is 9.78. The molecule has 0 fully saturated rings. The Morgan fingerprint density at radius 2 is 2.45 bits per heavy atom. The van der Waals surface area contributed by atoms with Crippen LogP contribution in [0.1, 0.15) is 16.1 Å². The van der Waals surface area contributed by atoms with Gasteiger partial charge in [0.2, 0.25) is 0 Å². The molecule has 0 saturated carbocycles. The van der Waals surface area contributed by atoms with Crippen LogP contribution in [0, 0.1) is 0 Å². The maximum absolute atomic E-state index is 11.6. The molecule has 6 heteroatoms. The highest BCUT2D eigenvalue weighted by molar-refractivity contribution is 5.91. The fourth-order valence-electron chi connectivity index (χ4n) is 2.25. The second-order valence-corrected chi connectivity index (χ2v) is 4.50. The Balaban J connectivity index is 1.91. The molecule has 2 heterocycles. The fraction of sp³-hybridized carbons (Fsp3) is 0.286. The van der Waals surface area contributed by atoms with Gasteiger partial charge in [-0.3, -0.25) is 0 Å². The zero-order valence-electron chi connectivity index (χ0n) is 11.1. The first kappa shape index (κ1) is 12.5. The number of H-pyrrole nitrogens is 1. The lowest BCUT2D eigenvalue weighted by molar-refractivity contribution is 0.0600. The summed E-state index contributed by atoms with van der Waals surface area (Å²) in [4.78, 5) is 20.9. The average Bonchev–Trinajstić information content (AvgIpc) is 2.99. The van der Waals surface area contributed by atoms with Gasteiger partial charge in [-0.2, -0.15) is 0 Å². The van der Waals surface area contributed by atoms with Gasteiger partial charge in [-0.1, -0.05) is 0 Å². The summed E-state index contributed by atoms with van der Waals surface area (Å²) in [6, 6.07) is 5.31. The summed E-state index contributed by atoms with van der Waals surface area (Å²) in [5, 5.41) is 0. The number of fused-ring (bicyclic) bond motifs is 1. The number of nitrogens with zero attached hydrogens (tertiary/aromatic N) is 2. The second-order valence-electron chi connectivity index (χ2n) is 4.50. The molecule has 1 N–H and O–H groups in total. The largest absolute Gasteiger partial charge is 0.490 e. The van der Waals surface area contributed by atoms with E-state index < -0.39 is 0 Å². The topological polar surface area (TPSA) is 67.5 Å². The number of nitrogens with one attached hydrogen (secondary N) is 1. The van der Waals surface area contributed by atoms with Gasteiger partial charge in [-0.05, 0) is 18.2 Å². The number of hydrogen-bond acceptors (Lipinski definition) is 5. The van der Waals surface area contributed by atoms with Gasteiger partial charge in [-0.15, -0.1) is 0 Å². The summed E-state index contributed by atoms with van der Waals surface area (Å²) in [5.41, 5.74) is 2.35. The van der Waals surface area contributed by atoms with Crippen molar-refractivity contribution in [2.75, 3.05) is 25.2 Å². The van der Waals surface area contributed by atoms with Gasteiger partial charge in [0.25, 0.3) is 0 Å². The lowest BCUT2D eigenvalue weighted by Gasteiger charge is -2.31. The van der Waals surface area contributed by atoms with Gasteiger partial charge in [0.1, 0.15) is 12.4 Å². The second kappa shape index (κ2) is 5.24. The molecular weight excluding hydrogens is 258 g/mol. The van der Waals surface area contributed by atoms with Crippen molar-refractivity contribution in [1.29, 1.82) is 0 Å². The number of methoxy groups -OCH3 is 1. The summed E-state index contributed by atoms with van der Waals surface area (Å²) in [6.45, 7) is 2.05. The normalized spacial score (nSPS) is 13.6. The number of anilines is 1. The SMILES string of the molecule is COC(=O)c1ccc2c(c1)N(Cc1c[nH]cn1)CCO2. The number of hydrogen-bond donors (Lipinski definition) is 1. The van der Waals surface area contributed by atoms with Gasteiger partial charge in [-0.25, -0.2) is 9.78 Å². The van der Waals surface area contributed by atoms with Gasteiger partial charge < -0.3 is 19.4 Å². The molecule has 0 atom stereocenters. The van der Waals surface area contributed by atoms with Crippen LogP contribution < -0.4 is 9.64 Å². The van der Waals surface area contributed by atoms with Crippen LogP contribution in [0.2, 0.25) is 0 Å². The summed E-state index contributed by atoms with van der Waals surface area (Å²) in [7, 11) is 1.37. The fourth-order valence-corrected chi connectivity index (χ4v) is 2.25. The van der Waals surface area contributed by atoms with E-state index in [1.165, 1.54) is 7.11 Å². The minimum Gasteiger partial charge on any atom is -0.490 e. The first-order valence-electron chi connectivity index (χ1n) is 6.35. The van der Waals surface area contributed by atoms with Crippen LogP contribution in [-0.2, 0) is 11.3 Å². The predicted molar refractivity (Wildman–Crippen MR) is 72.9 cm³/mol. The van der Waals surface area contributed by atoms with E-state index >= 15 is 0 Å². The van der Waals surface area contributed by atoms with E-state index in [1.54, 1.807) is 24.5 Å². The maximum Gasteiger partial charge on any atom is 0.337 e. The van der Waals surface area contributed by atoms with Crippen LogP contribution in [-0.4, -0.2) is 36.2 Å². The van der Waals surface area contributed by atoms with E-state index in [9.17, 15) is 4.79 Å². The molecule has 0 radical (unpaired) electrons. The Hall–Kier alpha value is -2.50. The van der Waals surface area contributed by atoms with Crippen LogP contribution >= 0.6 is 0 Å². The van der Waals surface area contributed by atoms with Crippen molar-refractivity contribution in [3.05, 3.63) is 42.0 Å². The lowest BCUT2D eigenvalue weighted by atomic mass is 10.1. The average molecular weight is 273 g/mol. The molecule has 3 rings (SSSR count). The van der Waals surface area contributed by atoms with E-state index in [4.69, 9.17) is 9.47 Å². The number of benzene rings is 1. The number of imidazole rings is 1. The zero-order valence-corrected chi connectivity index (χ0v) is 11.1. The predicted octanol–water partition coefficient (Wildman–Crippen LogP) is 1.60. The van der Waals surface area contributed by atoms with Crippen molar-refractivity contribution >= 4 is 11.7 Å². The van der Waals surface area contributed by atoms with E-state index in [0.29, 0.717) is 18.7 Å². The Morgan fingerprint density at radius 3 is 3.20 bits per heavy atom. The molecule has 1 aromatic heterocycles. The molecule has 1 aromatic carbocycles. The quantitative estimate of drug-likeness (QED) is 0.860. The molecule has 2 aromatic rings. The number of esters is 1. The van der Waals surface area contributed by atoms with E-state index in [-0.39, 0.29) is 5.97 Å². The van der Waals surface area contributed by atoms with Crippen LogP contribution in [0.25, 0.3) is 0 Å². The van der Waals surface area contributed by atoms with Gasteiger partial charge in [0.05, 0.1) is 43.5 Å². The summed E-state index contributed by atoms with van der Waals surface area (Å²) < 4.78 is 10.4. The molecule has 104 valence electrons. The lowest BCUT2D eigenvalue weighted by Crippen LogP contribution is -2.32. The van der Waals surface area contributed by atoms with Crippen molar-refractivity contribution in [2.24, 2.45) is 0 Å². The van der Waals surface area contributed by atoms with Gasteiger partial charge >= 0.3 is 5.97 Å². The molecule has 0 spiro atoms. The standard InChI is InChI=1S/C14H15N3O3/c1-19-14(18)10-2-3-13-12(6-10)17(4-5-20-13)8-11-7-15-9-16-11/h2-3,6-7,9H,4-5,8H2,1H3,(H,15,16). The third kappa shape index (κ3) is 2.32. The van der Waals surface area contributed by atoms with Crippen molar-refractivity contribution in [3.63, 3.8) is 0 Å². The number of aromatic nitrogens is 2. The van der Waals surface area contributed by atoms with Gasteiger partial charge in [0, 0.05) is 6.20 Å². The number of aromatic amines is 1. The first-order valence-corrected chi connectivity index (χ1v) is 6.35. The number of carbonyl (C=O) groups is 1. The summed E-state index contributed by atoms with van der Waals surface area (Å²) in [6.07, 6.45) is 3.51. The molecule has 20 heavy (non-hydrogen) atoms. The highest BCUT2D eigenvalue weighted by Gasteiger charge is 2.20. The number of ether oxygens (including phenoxy) is 2. The summed E-state index contributed by atoms with van der Waals surface area (Å²) in [5.74, 6) is 0.428. The smallest absolute Gasteiger partial charge is 0.337 e. The molecular formula is C14H15N3O3. The highest BCUT2D eigenvalue weighted by Crippen LogP contribution is 2.33. The van der Waals surface area contributed by atoms with Crippen LogP contribution in [0.5, 0.6) is 5.75 Å². The van der Waals surface area contributed by atoms with Crippen molar-refractivity contribution in [3.8, 4) is 5.75 Å². The summed E-state index contributed by atoms with van der Waals surface area (Å²) >= 11 is 0. The Morgan fingerprint density at radius 1 is 1.55 bits per heavy atom. The number of rotatable bonds is 3. The molecule has 0 amide bonds. The molecule has 0 bridgehead atoms. The maximum atomic E-state index is 11.6. The van der Waals surface area contributed by atoms with Gasteiger partial charge in [0.15, 0.2) is 0 Å². The molecule has 6 nitrogen and oxygen atoms in total. The minimum atomic E-state index is -0.349. The Labute approximate surface area is 116 Å². The monoisotopic (exact) mass is 273 g/mol. The third-order valence-corrected chi connectivity index (χ3v) is 3.25. The number of carbonyl (C=O) groups excluding carboxylic acids is 1. The molecule has 0 saturated heterocycles. The third-order valence-electron chi connectivity index (χ3n) is 3.25. The zero-order chi connectivity index (χ0) is 13.9.